The Labute approximate surface area is 247 Å². The number of alkyl halides is 3. The van der Waals surface area contributed by atoms with E-state index in [-0.39, 0.29) is 4.43 Å². The number of hydrogen-bond donors (Lipinski definition) is 2. The van der Waals surface area contributed by atoms with Crippen LogP contribution in [0.1, 0.15) is 22.9 Å². The fourth-order valence-electron chi connectivity index (χ4n) is 5.20. The minimum atomic E-state index is -3.85. The SMILES string of the molecule is COc1ccc(C(O[C@H]2C(F)(F)[C@H](n3ccc(=O)[nH]c3=O)O[C@@]2(CO)CI)(c2ccccc2)c2ccccc2)cc1. The summed E-state index contributed by atoms with van der Waals surface area (Å²) in [6.45, 7) is -0.826. The Bertz CT molecular complexity index is 1550. The van der Waals surface area contributed by atoms with E-state index in [4.69, 9.17) is 14.2 Å². The molecule has 0 spiro atoms. The maximum atomic E-state index is 16.7. The molecule has 1 aliphatic rings. The molecule has 3 aromatic carbocycles. The van der Waals surface area contributed by atoms with Crippen molar-refractivity contribution in [3.05, 3.63) is 135 Å². The lowest BCUT2D eigenvalue weighted by atomic mass is 9.79. The Morgan fingerprint density at radius 1 is 0.951 bits per heavy atom. The molecule has 0 bridgehead atoms. The van der Waals surface area contributed by atoms with Gasteiger partial charge in [0.1, 0.15) is 17.0 Å². The minimum Gasteiger partial charge on any atom is -0.497 e. The zero-order chi connectivity index (χ0) is 29.3. The minimum absolute atomic E-state index is 0.0988. The van der Waals surface area contributed by atoms with Crippen molar-refractivity contribution >= 4 is 22.6 Å². The average molecular weight is 676 g/mol. The third-order valence-electron chi connectivity index (χ3n) is 7.25. The molecule has 1 fully saturated rings. The van der Waals surface area contributed by atoms with Crippen molar-refractivity contribution in [2.24, 2.45) is 0 Å². The van der Waals surface area contributed by atoms with E-state index < -0.39 is 47.3 Å². The molecule has 5 rings (SSSR count). The first-order chi connectivity index (χ1) is 19.7. The van der Waals surface area contributed by atoms with Gasteiger partial charge in [0, 0.05) is 16.7 Å². The molecule has 2 N–H and O–H groups in total. The van der Waals surface area contributed by atoms with Gasteiger partial charge < -0.3 is 19.3 Å². The van der Waals surface area contributed by atoms with Gasteiger partial charge >= 0.3 is 11.6 Å². The first kappa shape index (κ1) is 29.1. The van der Waals surface area contributed by atoms with Crippen LogP contribution in [0.25, 0.3) is 0 Å². The number of aliphatic hydroxyl groups is 1. The van der Waals surface area contributed by atoms with E-state index >= 15 is 8.78 Å². The molecule has 41 heavy (non-hydrogen) atoms. The van der Waals surface area contributed by atoms with Crippen LogP contribution in [0.15, 0.2) is 107 Å². The molecule has 0 saturated carbocycles. The molecule has 0 radical (unpaired) electrons. The van der Waals surface area contributed by atoms with Gasteiger partial charge in [-0.2, -0.15) is 8.78 Å². The van der Waals surface area contributed by atoms with Gasteiger partial charge in [0.05, 0.1) is 13.7 Å². The highest BCUT2D eigenvalue weighted by atomic mass is 127. The summed E-state index contributed by atoms with van der Waals surface area (Å²) in [5.74, 6) is -3.29. The summed E-state index contributed by atoms with van der Waals surface area (Å²) in [4.78, 5) is 26.2. The lowest BCUT2D eigenvalue weighted by Crippen LogP contribution is -2.55. The number of benzene rings is 3. The highest BCUT2D eigenvalue weighted by Crippen LogP contribution is 2.54. The van der Waals surface area contributed by atoms with Crippen LogP contribution in [0.4, 0.5) is 8.78 Å². The van der Waals surface area contributed by atoms with E-state index in [1.54, 1.807) is 72.8 Å². The maximum absolute atomic E-state index is 16.7. The van der Waals surface area contributed by atoms with Crippen molar-refractivity contribution in [2.45, 2.75) is 29.5 Å². The molecule has 1 aromatic heterocycles. The van der Waals surface area contributed by atoms with Crippen molar-refractivity contribution in [1.82, 2.24) is 9.55 Å². The quantitative estimate of drug-likeness (QED) is 0.156. The molecule has 8 nitrogen and oxygen atoms in total. The van der Waals surface area contributed by atoms with Gasteiger partial charge in [-0.15, -0.1) is 0 Å². The lowest BCUT2D eigenvalue weighted by molar-refractivity contribution is -0.187. The number of rotatable bonds is 9. The van der Waals surface area contributed by atoms with E-state index in [1.807, 2.05) is 39.7 Å². The summed E-state index contributed by atoms with van der Waals surface area (Å²) in [7, 11) is 1.53. The fraction of sp³-hybridized carbons (Fsp3) is 0.267. The molecule has 0 aliphatic carbocycles. The Kier molecular flexibility index (Phi) is 8.15. The second-order valence-electron chi connectivity index (χ2n) is 9.66. The monoisotopic (exact) mass is 676 g/mol. The topological polar surface area (TPSA) is 103 Å². The lowest BCUT2D eigenvalue weighted by Gasteiger charge is -2.42. The molecule has 0 unspecified atom stereocenters. The van der Waals surface area contributed by atoms with Crippen LogP contribution in [0.5, 0.6) is 5.75 Å². The van der Waals surface area contributed by atoms with Gasteiger partial charge in [-0.1, -0.05) is 95.4 Å². The predicted molar refractivity (Wildman–Crippen MR) is 156 cm³/mol. The zero-order valence-electron chi connectivity index (χ0n) is 21.9. The number of aliphatic hydroxyl groups excluding tert-OH is 1. The summed E-state index contributed by atoms with van der Waals surface area (Å²) in [5.41, 5.74) is -3.72. The number of aromatic nitrogens is 2. The second kappa shape index (κ2) is 11.5. The van der Waals surface area contributed by atoms with Crippen molar-refractivity contribution < 1.29 is 28.1 Å². The van der Waals surface area contributed by atoms with Crippen molar-refractivity contribution in [3.8, 4) is 5.75 Å². The Morgan fingerprint density at radius 3 is 2.00 bits per heavy atom. The first-order valence-electron chi connectivity index (χ1n) is 12.7. The van der Waals surface area contributed by atoms with Crippen molar-refractivity contribution in [1.29, 1.82) is 0 Å². The van der Waals surface area contributed by atoms with Gasteiger partial charge in [0.25, 0.3) is 5.56 Å². The molecule has 4 aromatic rings. The van der Waals surface area contributed by atoms with E-state index in [9.17, 15) is 14.7 Å². The van der Waals surface area contributed by atoms with E-state index in [0.29, 0.717) is 27.0 Å². The van der Waals surface area contributed by atoms with Crippen molar-refractivity contribution in [3.63, 3.8) is 0 Å². The standard InChI is InChI=1S/C30H27F2IN2O6/c1-39-23-14-12-22(13-15-23)29(20-8-4-2-5-9-20,21-10-6-3-7-11-21)40-25-28(18-33,19-36)41-26(30(25,31)32)35-17-16-24(37)34-27(35)38/h2-17,25-26,36H,18-19H2,1H3,(H,34,37,38)/t25-,26-,28-/m1/s1. The Hall–Kier alpha value is -3.39. The molecule has 3 atom stereocenters. The van der Waals surface area contributed by atoms with E-state index in [0.717, 1.165) is 12.3 Å². The van der Waals surface area contributed by atoms with Crippen LogP contribution >= 0.6 is 22.6 Å². The van der Waals surface area contributed by atoms with Gasteiger partial charge in [0.15, 0.2) is 6.10 Å². The smallest absolute Gasteiger partial charge is 0.330 e. The van der Waals surface area contributed by atoms with Gasteiger partial charge in [0.2, 0.25) is 6.23 Å². The zero-order valence-corrected chi connectivity index (χ0v) is 24.0. The predicted octanol–water partition coefficient (Wildman–Crippen LogP) is 4.25. The number of halogens is 3. The molecular weight excluding hydrogens is 649 g/mol. The van der Waals surface area contributed by atoms with Crippen LogP contribution in [0.3, 0.4) is 0 Å². The van der Waals surface area contributed by atoms with Crippen LogP contribution in [0.2, 0.25) is 0 Å². The molecule has 0 amide bonds. The molecule has 214 valence electrons. The Morgan fingerprint density at radius 2 is 1.51 bits per heavy atom. The Balaban J connectivity index is 1.77. The van der Waals surface area contributed by atoms with Crippen LogP contribution in [0, 0.1) is 0 Å². The molecule has 1 aliphatic heterocycles. The van der Waals surface area contributed by atoms with Crippen LogP contribution in [-0.2, 0) is 15.1 Å². The summed E-state index contributed by atoms with van der Waals surface area (Å²) >= 11 is 1.86. The summed E-state index contributed by atoms with van der Waals surface area (Å²) < 4.78 is 51.7. The first-order valence-corrected chi connectivity index (χ1v) is 14.2. The van der Waals surface area contributed by atoms with E-state index in [1.165, 1.54) is 7.11 Å². The highest BCUT2D eigenvalue weighted by Gasteiger charge is 2.69. The van der Waals surface area contributed by atoms with Crippen LogP contribution < -0.4 is 16.0 Å². The van der Waals surface area contributed by atoms with Gasteiger partial charge in [-0.25, -0.2) is 4.79 Å². The normalized spacial score (nSPS) is 22.0. The summed E-state index contributed by atoms with van der Waals surface area (Å²) in [5, 5.41) is 10.6. The molecule has 2 heterocycles. The molecular formula is C30H27F2IN2O6. The summed E-state index contributed by atoms with van der Waals surface area (Å²) in [6, 6.07) is 25.7. The molecule has 11 heteroatoms. The largest absolute Gasteiger partial charge is 0.497 e. The highest BCUT2D eigenvalue weighted by molar-refractivity contribution is 14.1. The third-order valence-corrected chi connectivity index (χ3v) is 8.54. The summed E-state index contributed by atoms with van der Waals surface area (Å²) in [6.07, 6.45) is -3.27. The van der Waals surface area contributed by atoms with Crippen molar-refractivity contribution in [2.75, 3.05) is 18.1 Å². The van der Waals surface area contributed by atoms with Gasteiger partial charge in [-0.3, -0.25) is 14.3 Å². The number of methoxy groups -OCH3 is 1. The van der Waals surface area contributed by atoms with E-state index in [2.05, 4.69) is 0 Å². The number of hydrogen-bond acceptors (Lipinski definition) is 6. The molecule has 1 saturated heterocycles. The fourth-order valence-corrected chi connectivity index (χ4v) is 6.02. The number of nitrogens with one attached hydrogen (secondary N) is 1. The number of aromatic amines is 1. The van der Waals surface area contributed by atoms with Gasteiger partial charge in [-0.05, 0) is 28.8 Å². The third kappa shape index (κ3) is 5.00. The second-order valence-corrected chi connectivity index (χ2v) is 10.4. The number of H-pyrrole nitrogens is 1. The average Bonchev–Trinajstić information content (AvgIpc) is 3.22. The maximum Gasteiger partial charge on any atom is 0.330 e. The number of ether oxygens (including phenoxy) is 3. The van der Waals surface area contributed by atoms with Crippen LogP contribution in [-0.4, -0.2) is 50.4 Å². The number of nitrogens with zero attached hydrogens (tertiary/aromatic N) is 1.